The van der Waals surface area contributed by atoms with Gasteiger partial charge in [0.15, 0.2) is 5.96 Å². The topological polar surface area (TPSA) is 65.9 Å². The lowest BCUT2D eigenvalue weighted by Gasteiger charge is -2.19. The van der Waals surface area contributed by atoms with Crippen LogP contribution in [0.15, 0.2) is 59.6 Å². The number of rotatable bonds is 7. The van der Waals surface area contributed by atoms with Gasteiger partial charge in [0.05, 0.1) is 25.8 Å². The maximum absolute atomic E-state index is 10.4. The molecule has 0 fully saturated rings. The average molecular weight is 469 g/mol. The minimum atomic E-state index is -0.683. The molecule has 0 aliphatic carbocycles. The van der Waals surface area contributed by atoms with Crippen LogP contribution in [0.25, 0.3) is 0 Å². The van der Waals surface area contributed by atoms with Crippen molar-refractivity contribution in [3.05, 3.63) is 65.7 Å². The Balaban J connectivity index is 0.00000338. The van der Waals surface area contributed by atoms with Gasteiger partial charge in [-0.25, -0.2) is 0 Å². The zero-order valence-corrected chi connectivity index (χ0v) is 17.8. The third-order valence-corrected chi connectivity index (χ3v) is 3.90. The summed E-state index contributed by atoms with van der Waals surface area (Å²) in [6, 6.07) is 17.7. The van der Waals surface area contributed by atoms with Gasteiger partial charge < -0.3 is 20.5 Å². The average Bonchev–Trinajstić information content (AvgIpc) is 2.66. The van der Waals surface area contributed by atoms with Crippen molar-refractivity contribution in [1.29, 1.82) is 0 Å². The highest BCUT2D eigenvalue weighted by molar-refractivity contribution is 14.0. The Morgan fingerprint density at radius 2 is 1.81 bits per heavy atom. The Morgan fingerprint density at radius 1 is 1.12 bits per heavy atom. The number of aliphatic hydroxyl groups is 1. The molecule has 142 valence electrons. The third-order valence-electron chi connectivity index (χ3n) is 3.90. The summed E-state index contributed by atoms with van der Waals surface area (Å²) in [6.45, 7) is 5.12. The van der Waals surface area contributed by atoms with Crippen molar-refractivity contribution in [2.75, 3.05) is 20.2 Å². The van der Waals surface area contributed by atoms with Crippen LogP contribution in [0.2, 0.25) is 0 Å². The van der Waals surface area contributed by atoms with Crippen LogP contribution in [0, 0.1) is 0 Å². The van der Waals surface area contributed by atoms with Gasteiger partial charge in [0, 0.05) is 6.54 Å². The zero-order valence-electron chi connectivity index (χ0n) is 15.5. The van der Waals surface area contributed by atoms with E-state index >= 15 is 0 Å². The predicted octanol–water partition coefficient (Wildman–Crippen LogP) is 3.66. The van der Waals surface area contributed by atoms with E-state index in [1.807, 2.05) is 49.4 Å². The summed E-state index contributed by atoms with van der Waals surface area (Å²) >= 11 is 0. The maximum Gasteiger partial charge on any atom is 0.191 e. The normalized spacial score (nSPS) is 13.3. The summed E-state index contributed by atoms with van der Waals surface area (Å²) in [6.07, 6.45) is -0.683. The van der Waals surface area contributed by atoms with Crippen molar-refractivity contribution < 1.29 is 9.84 Å². The monoisotopic (exact) mass is 469 g/mol. The van der Waals surface area contributed by atoms with Crippen LogP contribution in [0.3, 0.4) is 0 Å². The fourth-order valence-electron chi connectivity index (χ4n) is 2.48. The second-order valence-electron chi connectivity index (χ2n) is 5.79. The van der Waals surface area contributed by atoms with Gasteiger partial charge in [-0.15, -0.1) is 24.0 Å². The molecule has 0 aromatic heterocycles. The fraction of sp³-hybridized carbons (Fsp3) is 0.350. The van der Waals surface area contributed by atoms with E-state index < -0.39 is 6.10 Å². The molecular weight excluding hydrogens is 441 g/mol. The van der Waals surface area contributed by atoms with Crippen LogP contribution in [0.4, 0.5) is 0 Å². The Bertz CT molecular complexity index is 680. The standard InChI is InChI=1S/C20H27N3O2.HI/c1-4-21-20(23-15(2)16-9-6-5-7-10-16)22-14-19(24)17-11-8-12-18(13-17)25-3;/h5-13,15,19,24H,4,14H2,1-3H3,(H2,21,22,23);1H. The van der Waals surface area contributed by atoms with E-state index in [1.165, 1.54) is 5.56 Å². The lowest BCUT2D eigenvalue weighted by molar-refractivity contribution is 0.186. The molecule has 0 aliphatic rings. The molecular formula is C20H28IN3O2. The molecule has 0 spiro atoms. The van der Waals surface area contributed by atoms with Gasteiger partial charge in [0.1, 0.15) is 5.75 Å². The third kappa shape index (κ3) is 6.84. The van der Waals surface area contributed by atoms with E-state index in [9.17, 15) is 5.11 Å². The highest BCUT2D eigenvalue weighted by Gasteiger charge is 2.10. The van der Waals surface area contributed by atoms with Crippen molar-refractivity contribution >= 4 is 29.9 Å². The summed E-state index contributed by atoms with van der Waals surface area (Å²) in [5.74, 6) is 1.41. The van der Waals surface area contributed by atoms with E-state index in [0.717, 1.165) is 17.9 Å². The number of guanidine groups is 1. The van der Waals surface area contributed by atoms with E-state index in [1.54, 1.807) is 7.11 Å². The zero-order chi connectivity index (χ0) is 18.1. The molecule has 5 nitrogen and oxygen atoms in total. The van der Waals surface area contributed by atoms with Crippen molar-refractivity contribution in [2.45, 2.75) is 26.0 Å². The predicted molar refractivity (Wildman–Crippen MR) is 117 cm³/mol. The molecule has 0 saturated carbocycles. The first-order valence-electron chi connectivity index (χ1n) is 8.55. The second-order valence-corrected chi connectivity index (χ2v) is 5.79. The molecule has 2 aromatic rings. The first kappa shape index (κ1) is 22.2. The number of aliphatic hydroxyl groups excluding tert-OH is 1. The van der Waals surface area contributed by atoms with Gasteiger partial charge in [0.2, 0.25) is 0 Å². The van der Waals surface area contributed by atoms with Gasteiger partial charge in [-0.05, 0) is 37.1 Å². The van der Waals surface area contributed by atoms with Crippen molar-refractivity contribution in [2.24, 2.45) is 4.99 Å². The van der Waals surface area contributed by atoms with E-state index in [-0.39, 0.29) is 36.6 Å². The quantitative estimate of drug-likeness (QED) is 0.329. The van der Waals surface area contributed by atoms with Crippen molar-refractivity contribution in [3.8, 4) is 5.75 Å². The summed E-state index contributed by atoms with van der Waals surface area (Å²) < 4.78 is 5.20. The lowest BCUT2D eigenvalue weighted by atomic mass is 10.1. The second kappa shape index (κ2) is 11.7. The van der Waals surface area contributed by atoms with Gasteiger partial charge in [-0.1, -0.05) is 42.5 Å². The molecule has 6 heteroatoms. The van der Waals surface area contributed by atoms with Gasteiger partial charge in [-0.3, -0.25) is 4.99 Å². The number of aliphatic imine (C=N–C) groups is 1. The van der Waals surface area contributed by atoms with Crippen LogP contribution >= 0.6 is 24.0 Å². The largest absolute Gasteiger partial charge is 0.497 e. The van der Waals surface area contributed by atoms with Crippen LogP contribution in [0.1, 0.15) is 37.1 Å². The minimum Gasteiger partial charge on any atom is -0.497 e. The van der Waals surface area contributed by atoms with Crippen molar-refractivity contribution in [1.82, 2.24) is 10.6 Å². The smallest absolute Gasteiger partial charge is 0.191 e. The molecule has 0 saturated heterocycles. The van der Waals surface area contributed by atoms with Gasteiger partial charge in [-0.2, -0.15) is 0 Å². The Kier molecular flexibility index (Phi) is 10.0. The highest BCUT2D eigenvalue weighted by Crippen LogP contribution is 2.19. The molecule has 2 atom stereocenters. The number of hydrogen-bond acceptors (Lipinski definition) is 3. The number of ether oxygens (including phenoxy) is 1. The number of methoxy groups -OCH3 is 1. The number of benzene rings is 2. The summed E-state index contributed by atoms with van der Waals surface area (Å²) in [5.41, 5.74) is 1.97. The molecule has 0 heterocycles. The maximum atomic E-state index is 10.4. The Labute approximate surface area is 172 Å². The Hall–Kier alpha value is -1.80. The van der Waals surface area contributed by atoms with Crippen LogP contribution in [0.5, 0.6) is 5.75 Å². The molecule has 2 rings (SSSR count). The lowest BCUT2D eigenvalue weighted by Crippen LogP contribution is -2.39. The van der Waals surface area contributed by atoms with E-state index in [2.05, 4.69) is 34.7 Å². The molecule has 0 amide bonds. The molecule has 0 aliphatic heterocycles. The molecule has 2 unspecified atom stereocenters. The van der Waals surface area contributed by atoms with E-state index in [4.69, 9.17) is 4.74 Å². The Morgan fingerprint density at radius 3 is 2.46 bits per heavy atom. The van der Waals surface area contributed by atoms with Gasteiger partial charge in [0.25, 0.3) is 0 Å². The minimum absolute atomic E-state index is 0. The van der Waals surface area contributed by atoms with Crippen LogP contribution in [-0.2, 0) is 0 Å². The van der Waals surface area contributed by atoms with Crippen LogP contribution in [-0.4, -0.2) is 31.3 Å². The fourth-order valence-corrected chi connectivity index (χ4v) is 2.48. The number of nitrogens with one attached hydrogen (secondary N) is 2. The number of halogens is 1. The van der Waals surface area contributed by atoms with Gasteiger partial charge >= 0.3 is 0 Å². The summed E-state index contributed by atoms with van der Waals surface area (Å²) in [4.78, 5) is 4.51. The summed E-state index contributed by atoms with van der Waals surface area (Å²) in [5, 5.41) is 17.0. The number of nitrogens with zero attached hydrogens (tertiary/aromatic N) is 1. The van der Waals surface area contributed by atoms with Crippen LogP contribution < -0.4 is 15.4 Å². The molecule has 2 aromatic carbocycles. The molecule has 26 heavy (non-hydrogen) atoms. The van der Waals surface area contributed by atoms with Crippen molar-refractivity contribution in [3.63, 3.8) is 0 Å². The SMILES string of the molecule is CCNC(=NCC(O)c1cccc(OC)c1)NC(C)c1ccccc1.I. The molecule has 3 N–H and O–H groups in total. The molecule has 0 bridgehead atoms. The summed E-state index contributed by atoms with van der Waals surface area (Å²) in [7, 11) is 1.61. The highest BCUT2D eigenvalue weighted by atomic mass is 127. The first-order valence-corrected chi connectivity index (χ1v) is 8.55. The van der Waals surface area contributed by atoms with E-state index in [0.29, 0.717) is 5.96 Å². The first-order chi connectivity index (χ1) is 12.1. The number of hydrogen-bond donors (Lipinski definition) is 3. The molecule has 0 radical (unpaired) electrons.